The molecule has 3 aromatic rings. The molecule has 1 aliphatic heterocycles. The smallest absolute Gasteiger partial charge is 0.300 e. The van der Waals surface area contributed by atoms with Crippen LogP contribution in [0.3, 0.4) is 0 Å². The van der Waals surface area contributed by atoms with Gasteiger partial charge in [-0.05, 0) is 18.2 Å². The summed E-state index contributed by atoms with van der Waals surface area (Å²) in [5.74, 6) is -0.338. The molecule has 0 amide bonds. The summed E-state index contributed by atoms with van der Waals surface area (Å²) in [6.45, 7) is 1.08. The summed E-state index contributed by atoms with van der Waals surface area (Å²) in [4.78, 5) is 17.7. The molecule has 1 atom stereocenters. The van der Waals surface area contributed by atoms with Crippen LogP contribution in [0.1, 0.15) is 30.1 Å². The number of fused-ring (bicyclic) bond motifs is 3. The molecule has 0 bridgehead atoms. The van der Waals surface area contributed by atoms with Crippen molar-refractivity contribution in [3.8, 4) is 5.69 Å². The molecule has 1 aliphatic rings. The number of carboxylic acid groups (broad SMARTS) is 1. The highest BCUT2D eigenvalue weighted by Crippen LogP contribution is 2.30. The molecule has 7 heteroatoms. The van der Waals surface area contributed by atoms with Gasteiger partial charge in [0, 0.05) is 35.5 Å². The fourth-order valence-corrected chi connectivity index (χ4v) is 2.87. The first kappa shape index (κ1) is 17.8. The molecule has 0 fully saturated rings. The lowest BCUT2D eigenvalue weighted by Crippen LogP contribution is -2.06. The van der Waals surface area contributed by atoms with E-state index in [0.717, 1.165) is 23.7 Å². The molecule has 0 saturated heterocycles. The van der Waals surface area contributed by atoms with Gasteiger partial charge in [-0.2, -0.15) is 0 Å². The second-order valence-corrected chi connectivity index (χ2v) is 5.99. The van der Waals surface area contributed by atoms with Crippen LogP contribution in [0.5, 0.6) is 0 Å². The first-order chi connectivity index (χ1) is 12.5. The minimum absolute atomic E-state index is 0.495. The Kier molecular flexibility index (Phi) is 5.16. The Morgan fingerprint density at radius 1 is 1.19 bits per heavy atom. The first-order valence-electron chi connectivity index (χ1n) is 7.81. The van der Waals surface area contributed by atoms with Gasteiger partial charge in [0.2, 0.25) is 6.23 Å². The maximum absolute atomic E-state index is 10.4. The molecule has 4 rings (SSSR count). The number of aliphatic carboxylic acids is 1. The maximum atomic E-state index is 10.4. The van der Waals surface area contributed by atoms with Crippen molar-refractivity contribution in [2.75, 3.05) is 0 Å². The second-order valence-electron chi connectivity index (χ2n) is 5.55. The van der Waals surface area contributed by atoms with Gasteiger partial charge in [0.1, 0.15) is 0 Å². The van der Waals surface area contributed by atoms with Crippen LogP contribution >= 0.6 is 11.6 Å². The largest absolute Gasteiger partial charge is 0.481 e. The Morgan fingerprint density at radius 2 is 1.88 bits per heavy atom. The van der Waals surface area contributed by atoms with Crippen molar-refractivity contribution in [1.82, 2.24) is 9.55 Å². The summed E-state index contributed by atoms with van der Waals surface area (Å²) in [5.41, 5.74) is 3.40. The number of aliphatic hydroxyl groups is 1. The molecule has 6 nitrogen and oxygen atoms in total. The van der Waals surface area contributed by atoms with Gasteiger partial charge in [0.25, 0.3) is 5.97 Å². The molecule has 0 aliphatic carbocycles. The molecule has 2 N–H and O–H groups in total. The van der Waals surface area contributed by atoms with E-state index < -0.39 is 12.2 Å². The van der Waals surface area contributed by atoms with Crippen LogP contribution in [0, 0.1) is 0 Å². The Morgan fingerprint density at radius 3 is 2.58 bits per heavy atom. The van der Waals surface area contributed by atoms with E-state index in [-0.39, 0.29) is 0 Å². The number of benzene rings is 2. The fraction of sp³-hybridized carbons (Fsp3) is 0.105. The third-order valence-corrected chi connectivity index (χ3v) is 3.91. The molecule has 0 spiro atoms. The Hall–Kier alpha value is -2.96. The summed E-state index contributed by atoms with van der Waals surface area (Å²) in [7, 11) is 0. The Bertz CT molecular complexity index is 963. The third kappa shape index (κ3) is 3.66. The normalized spacial score (nSPS) is 14.9. The maximum Gasteiger partial charge on any atom is 0.300 e. The van der Waals surface area contributed by atoms with Gasteiger partial charge in [-0.3, -0.25) is 9.36 Å². The van der Waals surface area contributed by atoms with Crippen molar-refractivity contribution in [3.05, 3.63) is 82.9 Å². The molecular formula is C19H16ClN3O3. The summed E-state index contributed by atoms with van der Waals surface area (Å²) in [6, 6.07) is 15.4. The summed E-state index contributed by atoms with van der Waals surface area (Å²) < 4.78 is 1.84. The zero-order valence-electron chi connectivity index (χ0n) is 13.9. The van der Waals surface area contributed by atoms with Crippen LogP contribution < -0.4 is 0 Å². The zero-order chi connectivity index (χ0) is 18.7. The van der Waals surface area contributed by atoms with Gasteiger partial charge in [0.05, 0.1) is 11.4 Å². The standard InChI is InChI=1S/C17H12ClN3O.C2H4O2/c18-12-6-7-14-13(10-12)15(11-4-2-1-3-5-11)20-17(22)16-19-8-9-21(14)16;1-2(3)4/h1-10,17,22H;1H3,(H,3,4). The van der Waals surface area contributed by atoms with Gasteiger partial charge in [-0.15, -0.1) is 0 Å². The number of imidazole rings is 1. The number of rotatable bonds is 1. The number of nitrogens with zero attached hydrogens (tertiary/aromatic N) is 3. The zero-order valence-corrected chi connectivity index (χ0v) is 14.6. The number of aromatic nitrogens is 2. The van der Waals surface area contributed by atoms with E-state index >= 15 is 0 Å². The van der Waals surface area contributed by atoms with Crippen LogP contribution in [-0.2, 0) is 4.79 Å². The molecule has 2 heterocycles. The van der Waals surface area contributed by atoms with Crippen molar-refractivity contribution >= 4 is 23.3 Å². The Balaban J connectivity index is 0.000000447. The number of aliphatic hydroxyl groups excluding tert-OH is 1. The highest BCUT2D eigenvalue weighted by molar-refractivity contribution is 6.31. The minimum atomic E-state index is -1.02. The van der Waals surface area contributed by atoms with Crippen molar-refractivity contribution < 1.29 is 15.0 Å². The van der Waals surface area contributed by atoms with E-state index in [1.54, 1.807) is 6.20 Å². The van der Waals surface area contributed by atoms with Crippen LogP contribution in [0.15, 0.2) is 65.9 Å². The average Bonchev–Trinajstić information content (AvgIpc) is 3.05. The van der Waals surface area contributed by atoms with E-state index in [2.05, 4.69) is 9.98 Å². The SMILES string of the molecule is CC(=O)O.OC1N=C(c2ccccc2)c2cc(Cl)ccc2-n2ccnc21. The molecule has 1 aromatic heterocycles. The van der Waals surface area contributed by atoms with Crippen molar-refractivity contribution in [3.63, 3.8) is 0 Å². The third-order valence-electron chi connectivity index (χ3n) is 3.67. The van der Waals surface area contributed by atoms with E-state index in [9.17, 15) is 5.11 Å². The molecule has 0 saturated carbocycles. The van der Waals surface area contributed by atoms with Crippen LogP contribution in [-0.4, -0.2) is 31.4 Å². The average molecular weight is 370 g/mol. The molecule has 2 aromatic carbocycles. The predicted molar refractivity (Wildman–Crippen MR) is 98.9 cm³/mol. The van der Waals surface area contributed by atoms with Crippen LogP contribution in [0.4, 0.5) is 0 Å². The van der Waals surface area contributed by atoms with E-state index in [1.807, 2.05) is 59.3 Å². The molecule has 26 heavy (non-hydrogen) atoms. The lowest BCUT2D eigenvalue weighted by Gasteiger charge is -2.11. The molecule has 1 unspecified atom stereocenters. The van der Waals surface area contributed by atoms with Crippen LogP contribution in [0.25, 0.3) is 5.69 Å². The van der Waals surface area contributed by atoms with E-state index in [1.165, 1.54) is 0 Å². The first-order valence-corrected chi connectivity index (χ1v) is 8.19. The number of carbonyl (C=O) groups is 1. The van der Waals surface area contributed by atoms with Gasteiger partial charge in [-0.25, -0.2) is 9.98 Å². The number of aliphatic imine (C=N–C) groups is 1. The number of hydrogen-bond donors (Lipinski definition) is 2. The van der Waals surface area contributed by atoms with Gasteiger partial charge in [0.15, 0.2) is 5.82 Å². The quantitative estimate of drug-likeness (QED) is 0.687. The lowest BCUT2D eigenvalue weighted by molar-refractivity contribution is -0.134. The molecular weight excluding hydrogens is 354 g/mol. The fourth-order valence-electron chi connectivity index (χ4n) is 2.69. The van der Waals surface area contributed by atoms with E-state index in [0.29, 0.717) is 16.6 Å². The van der Waals surface area contributed by atoms with Gasteiger partial charge in [-0.1, -0.05) is 41.9 Å². The topological polar surface area (TPSA) is 87.7 Å². The Labute approximate surface area is 155 Å². The highest BCUT2D eigenvalue weighted by atomic mass is 35.5. The van der Waals surface area contributed by atoms with E-state index in [4.69, 9.17) is 21.5 Å². The summed E-state index contributed by atoms with van der Waals surface area (Å²) in [6.07, 6.45) is 2.45. The predicted octanol–water partition coefficient (Wildman–Crippen LogP) is 3.46. The van der Waals surface area contributed by atoms with Gasteiger partial charge < -0.3 is 10.2 Å². The summed E-state index contributed by atoms with van der Waals surface area (Å²) >= 11 is 6.18. The van der Waals surface area contributed by atoms with Crippen molar-refractivity contribution in [2.24, 2.45) is 4.99 Å². The molecule has 0 radical (unpaired) electrons. The summed E-state index contributed by atoms with van der Waals surface area (Å²) in [5, 5.41) is 18.4. The monoisotopic (exact) mass is 369 g/mol. The van der Waals surface area contributed by atoms with Crippen molar-refractivity contribution in [1.29, 1.82) is 0 Å². The molecule has 132 valence electrons. The van der Waals surface area contributed by atoms with Gasteiger partial charge >= 0.3 is 0 Å². The number of halogens is 1. The van der Waals surface area contributed by atoms with Crippen molar-refractivity contribution in [2.45, 2.75) is 13.2 Å². The number of carboxylic acids is 1. The number of hydrogen-bond acceptors (Lipinski definition) is 4. The second kappa shape index (κ2) is 7.51. The van der Waals surface area contributed by atoms with Crippen LogP contribution in [0.2, 0.25) is 5.02 Å². The highest BCUT2D eigenvalue weighted by Gasteiger charge is 2.24. The minimum Gasteiger partial charge on any atom is -0.481 e. The lowest BCUT2D eigenvalue weighted by atomic mass is 10.0.